The fourth-order valence-corrected chi connectivity index (χ4v) is 3.63. The van der Waals surface area contributed by atoms with E-state index in [-0.39, 0.29) is 16.1 Å². The van der Waals surface area contributed by atoms with Crippen LogP contribution in [-0.2, 0) is 0 Å². The molecular formula is C19H15Cl2N7O2. The van der Waals surface area contributed by atoms with Crippen LogP contribution in [0.5, 0.6) is 11.5 Å². The predicted molar refractivity (Wildman–Crippen MR) is 112 cm³/mol. The van der Waals surface area contributed by atoms with Crippen molar-refractivity contribution < 1.29 is 9.47 Å². The predicted octanol–water partition coefficient (Wildman–Crippen LogP) is 4.29. The molecule has 4 aromatic rings. The van der Waals surface area contributed by atoms with Crippen LogP contribution >= 0.6 is 23.2 Å². The number of benzene rings is 1. The molecular weight excluding hydrogens is 429 g/mol. The van der Waals surface area contributed by atoms with Crippen LogP contribution < -0.4 is 9.47 Å². The van der Waals surface area contributed by atoms with E-state index in [9.17, 15) is 0 Å². The maximum Gasteiger partial charge on any atom is 0.164 e. The molecule has 11 heteroatoms. The summed E-state index contributed by atoms with van der Waals surface area (Å²) in [5.74, 6) is 1.07. The molecule has 0 amide bonds. The summed E-state index contributed by atoms with van der Waals surface area (Å²) >= 11 is 12.9. The lowest BCUT2D eigenvalue weighted by atomic mass is 10.1. The second kappa shape index (κ2) is 7.82. The smallest absolute Gasteiger partial charge is 0.164 e. The molecule has 9 nitrogen and oxygen atoms in total. The van der Waals surface area contributed by atoms with Gasteiger partial charge in [-0.15, -0.1) is 0 Å². The molecule has 0 bridgehead atoms. The number of nitrogens with zero attached hydrogens (tertiary/aromatic N) is 6. The van der Waals surface area contributed by atoms with Crippen molar-refractivity contribution in [3.63, 3.8) is 0 Å². The normalized spacial score (nSPS) is 12.0. The number of nitriles is 1. The molecule has 1 N–H and O–H groups in total. The van der Waals surface area contributed by atoms with Gasteiger partial charge in [-0.3, -0.25) is 9.78 Å². The number of aromatic nitrogens is 6. The van der Waals surface area contributed by atoms with Gasteiger partial charge in [-0.1, -0.05) is 23.2 Å². The molecule has 4 rings (SSSR count). The highest BCUT2D eigenvalue weighted by molar-refractivity contribution is 6.40. The summed E-state index contributed by atoms with van der Waals surface area (Å²) in [5, 5.41) is 21.7. The molecule has 0 radical (unpaired) electrons. The summed E-state index contributed by atoms with van der Waals surface area (Å²) in [6.45, 7) is 1.75. The van der Waals surface area contributed by atoms with E-state index in [1.165, 1.54) is 14.2 Å². The fraction of sp³-hybridized carbons (Fsp3) is 0.211. The lowest BCUT2D eigenvalue weighted by Crippen LogP contribution is -2.01. The Labute approximate surface area is 181 Å². The number of fused-ring (bicyclic) bond motifs is 1. The number of aromatic amines is 1. The standard InChI is InChI=1S/C19H15Cl2N7O2/c1-9(5-22)28-8-10(6-24-28)17-11-7-23-19(25-18(11)27-26-17)14-15(20)12(29-2)4-13(30-3)16(14)21/h4,6-9H,1-3H3,(H,23,25,26,27). The van der Waals surface area contributed by atoms with Crippen LogP contribution in [0.4, 0.5) is 0 Å². The van der Waals surface area contributed by atoms with E-state index < -0.39 is 0 Å². The quantitative estimate of drug-likeness (QED) is 0.488. The molecule has 0 fully saturated rings. The van der Waals surface area contributed by atoms with Gasteiger partial charge in [-0.2, -0.15) is 15.5 Å². The third-order valence-electron chi connectivity index (χ3n) is 4.57. The summed E-state index contributed by atoms with van der Waals surface area (Å²) in [4.78, 5) is 8.97. The number of rotatable bonds is 5. The number of H-pyrrole nitrogens is 1. The van der Waals surface area contributed by atoms with Gasteiger partial charge in [0.2, 0.25) is 0 Å². The average Bonchev–Trinajstić information content (AvgIpc) is 3.40. The minimum Gasteiger partial charge on any atom is -0.495 e. The van der Waals surface area contributed by atoms with Gasteiger partial charge >= 0.3 is 0 Å². The molecule has 3 heterocycles. The van der Waals surface area contributed by atoms with Crippen LogP contribution in [-0.4, -0.2) is 44.2 Å². The Morgan fingerprint density at radius 1 is 1.17 bits per heavy atom. The molecule has 0 saturated carbocycles. The van der Waals surface area contributed by atoms with Crippen molar-refractivity contribution in [2.24, 2.45) is 0 Å². The van der Waals surface area contributed by atoms with E-state index in [0.717, 1.165) is 5.56 Å². The summed E-state index contributed by atoms with van der Waals surface area (Å²) < 4.78 is 12.2. The van der Waals surface area contributed by atoms with Crippen molar-refractivity contribution in [3.05, 3.63) is 34.7 Å². The van der Waals surface area contributed by atoms with Crippen molar-refractivity contribution in [3.8, 4) is 40.2 Å². The van der Waals surface area contributed by atoms with Crippen molar-refractivity contribution in [1.29, 1.82) is 5.26 Å². The summed E-state index contributed by atoms with van der Waals surface area (Å²) in [7, 11) is 2.99. The summed E-state index contributed by atoms with van der Waals surface area (Å²) in [5.41, 5.74) is 2.24. The van der Waals surface area contributed by atoms with Crippen LogP contribution in [0, 0.1) is 11.3 Å². The number of ether oxygens (including phenoxy) is 2. The van der Waals surface area contributed by atoms with Gasteiger partial charge in [0.25, 0.3) is 0 Å². The Morgan fingerprint density at radius 2 is 1.87 bits per heavy atom. The molecule has 0 spiro atoms. The molecule has 0 aliphatic rings. The first-order chi connectivity index (χ1) is 14.5. The second-order valence-electron chi connectivity index (χ2n) is 6.33. The third-order valence-corrected chi connectivity index (χ3v) is 5.32. The third kappa shape index (κ3) is 3.20. The van der Waals surface area contributed by atoms with E-state index >= 15 is 0 Å². The van der Waals surface area contributed by atoms with Gasteiger partial charge in [-0.25, -0.2) is 9.97 Å². The van der Waals surface area contributed by atoms with Crippen molar-refractivity contribution in [1.82, 2.24) is 29.9 Å². The zero-order chi connectivity index (χ0) is 21.4. The first-order valence-corrected chi connectivity index (χ1v) is 9.49. The molecule has 3 aromatic heterocycles. The zero-order valence-corrected chi connectivity index (χ0v) is 17.7. The molecule has 1 atom stereocenters. The number of halogens is 2. The lowest BCUT2D eigenvalue weighted by molar-refractivity contribution is 0.395. The van der Waals surface area contributed by atoms with Crippen LogP contribution in [0.2, 0.25) is 10.0 Å². The van der Waals surface area contributed by atoms with Crippen LogP contribution in [0.15, 0.2) is 24.7 Å². The van der Waals surface area contributed by atoms with E-state index in [0.29, 0.717) is 39.6 Å². The molecule has 152 valence electrons. The zero-order valence-electron chi connectivity index (χ0n) is 16.1. The summed E-state index contributed by atoms with van der Waals surface area (Å²) in [6.07, 6.45) is 5.01. The molecule has 0 aliphatic carbocycles. The average molecular weight is 444 g/mol. The number of nitrogens with one attached hydrogen (secondary N) is 1. The molecule has 1 aromatic carbocycles. The molecule has 0 aliphatic heterocycles. The minimum absolute atomic E-state index is 0.272. The SMILES string of the molecule is COc1cc(OC)c(Cl)c(-c2ncc3c(-c4cnn(C(C)C#N)c4)n[nH]c3n2)c1Cl. The first-order valence-electron chi connectivity index (χ1n) is 8.74. The van der Waals surface area contributed by atoms with Crippen LogP contribution in [0.25, 0.3) is 33.7 Å². The first kappa shape index (κ1) is 19.9. The van der Waals surface area contributed by atoms with E-state index in [2.05, 4.69) is 31.3 Å². The Balaban J connectivity index is 1.82. The molecule has 30 heavy (non-hydrogen) atoms. The maximum atomic E-state index is 9.07. The number of methoxy groups -OCH3 is 2. The van der Waals surface area contributed by atoms with E-state index in [4.69, 9.17) is 37.9 Å². The highest BCUT2D eigenvalue weighted by Crippen LogP contribution is 2.45. The molecule has 1 unspecified atom stereocenters. The maximum absolute atomic E-state index is 9.07. The highest BCUT2D eigenvalue weighted by Gasteiger charge is 2.22. The number of hydrogen-bond donors (Lipinski definition) is 1. The molecule has 0 saturated heterocycles. The van der Waals surface area contributed by atoms with Gasteiger partial charge < -0.3 is 9.47 Å². The van der Waals surface area contributed by atoms with Gasteiger partial charge in [0, 0.05) is 24.0 Å². The highest BCUT2D eigenvalue weighted by atomic mass is 35.5. The Bertz CT molecular complexity index is 1260. The monoisotopic (exact) mass is 443 g/mol. The van der Waals surface area contributed by atoms with Gasteiger partial charge in [0.1, 0.15) is 23.2 Å². The Kier molecular flexibility index (Phi) is 5.20. The summed E-state index contributed by atoms with van der Waals surface area (Å²) in [6, 6.07) is 3.34. The van der Waals surface area contributed by atoms with Crippen molar-refractivity contribution in [2.45, 2.75) is 13.0 Å². The van der Waals surface area contributed by atoms with Gasteiger partial charge in [-0.05, 0) is 6.92 Å². The number of hydrogen-bond acceptors (Lipinski definition) is 7. The largest absolute Gasteiger partial charge is 0.495 e. The van der Waals surface area contributed by atoms with Gasteiger partial charge in [0.15, 0.2) is 11.5 Å². The van der Waals surface area contributed by atoms with Crippen molar-refractivity contribution >= 4 is 34.2 Å². The van der Waals surface area contributed by atoms with Gasteiger partial charge in [0.05, 0.1) is 47.5 Å². The van der Waals surface area contributed by atoms with E-state index in [1.807, 2.05) is 0 Å². The topological polar surface area (TPSA) is 115 Å². The minimum atomic E-state index is -0.390. The van der Waals surface area contributed by atoms with Crippen LogP contribution in [0.1, 0.15) is 13.0 Å². The van der Waals surface area contributed by atoms with Crippen molar-refractivity contribution in [2.75, 3.05) is 14.2 Å². The lowest BCUT2D eigenvalue weighted by Gasteiger charge is -2.13. The Morgan fingerprint density at radius 3 is 2.50 bits per heavy atom. The van der Waals surface area contributed by atoms with E-state index in [1.54, 1.807) is 36.3 Å². The fourth-order valence-electron chi connectivity index (χ4n) is 2.96. The van der Waals surface area contributed by atoms with Crippen LogP contribution in [0.3, 0.4) is 0 Å². The second-order valence-corrected chi connectivity index (χ2v) is 7.08. The Hall–Kier alpha value is -3.35.